The molecule has 0 aliphatic rings. The molecule has 0 radical (unpaired) electrons. The fraction of sp³-hybridized carbons (Fsp3) is 0.200. The molecule has 0 amide bonds. The van der Waals surface area contributed by atoms with E-state index in [2.05, 4.69) is 0 Å². The number of hydrogen-bond acceptors (Lipinski definition) is 3. The Bertz CT molecular complexity index is 656. The van der Waals surface area contributed by atoms with Crippen molar-refractivity contribution in [3.63, 3.8) is 0 Å². The minimum Gasteiger partial charge on any atom is -0.383 e. The molecule has 106 valence electrons. The lowest BCUT2D eigenvalue weighted by molar-refractivity contribution is 0.0905. The van der Waals surface area contributed by atoms with E-state index in [0.29, 0.717) is 9.99 Å². The topological polar surface area (TPSA) is 54.4 Å². The predicted molar refractivity (Wildman–Crippen MR) is 87.7 cm³/mol. The van der Waals surface area contributed by atoms with Crippen LogP contribution >= 0.6 is 22.6 Å². The number of hydrogen-bond donors (Lipinski definition) is 1. The van der Waals surface area contributed by atoms with Crippen molar-refractivity contribution in [3.8, 4) is 0 Å². The normalized spacial score (nSPS) is 14.7. The van der Waals surface area contributed by atoms with Gasteiger partial charge in [0, 0.05) is 4.43 Å². The summed E-state index contributed by atoms with van der Waals surface area (Å²) in [5.41, 5.74) is -0.759. The summed E-state index contributed by atoms with van der Waals surface area (Å²) >= 11 is 2.01. The Hall–Kier alpha value is -0.920. The standard InChI is InChI=1S/C15H15IO3S/c16-11-15(17,13-7-3-1-4-8-13)12-20(18,19)14-9-5-2-6-10-14/h1-10,17H,11-12H2. The maximum absolute atomic E-state index is 12.4. The van der Waals surface area contributed by atoms with Crippen LogP contribution in [0.5, 0.6) is 0 Å². The summed E-state index contributed by atoms with van der Waals surface area (Å²) in [6.45, 7) is 0. The molecule has 0 heterocycles. The Labute approximate surface area is 132 Å². The van der Waals surface area contributed by atoms with Crippen molar-refractivity contribution in [2.24, 2.45) is 0 Å². The van der Waals surface area contributed by atoms with Crippen molar-refractivity contribution in [3.05, 3.63) is 66.2 Å². The van der Waals surface area contributed by atoms with E-state index in [1.165, 1.54) is 0 Å². The van der Waals surface area contributed by atoms with Gasteiger partial charge in [0.15, 0.2) is 9.84 Å². The molecule has 0 spiro atoms. The Morgan fingerprint density at radius 2 is 1.45 bits per heavy atom. The van der Waals surface area contributed by atoms with Gasteiger partial charge in [-0.3, -0.25) is 0 Å². The summed E-state index contributed by atoms with van der Waals surface area (Å²) in [5.74, 6) is -0.322. The number of sulfone groups is 1. The van der Waals surface area contributed by atoms with Crippen LogP contribution in [0.15, 0.2) is 65.6 Å². The van der Waals surface area contributed by atoms with Crippen molar-refractivity contribution in [2.75, 3.05) is 10.2 Å². The van der Waals surface area contributed by atoms with Gasteiger partial charge in [-0.05, 0) is 17.7 Å². The van der Waals surface area contributed by atoms with Crippen LogP contribution in [0.25, 0.3) is 0 Å². The summed E-state index contributed by atoms with van der Waals surface area (Å²) in [4.78, 5) is 0.235. The molecule has 0 saturated heterocycles. The molecule has 2 aromatic rings. The summed E-state index contributed by atoms with van der Waals surface area (Å²) in [6, 6.07) is 17.1. The minimum atomic E-state index is -3.53. The molecule has 5 heteroatoms. The van der Waals surface area contributed by atoms with Crippen molar-refractivity contribution in [1.29, 1.82) is 0 Å². The fourth-order valence-corrected chi connectivity index (χ4v) is 4.68. The highest BCUT2D eigenvalue weighted by Gasteiger charge is 2.34. The first kappa shape index (κ1) is 15.5. The predicted octanol–water partition coefficient (Wildman–Crippen LogP) is 2.78. The van der Waals surface area contributed by atoms with Gasteiger partial charge < -0.3 is 5.11 Å². The lowest BCUT2D eigenvalue weighted by atomic mass is 9.98. The average Bonchev–Trinajstić information content (AvgIpc) is 2.48. The van der Waals surface area contributed by atoms with E-state index in [1.807, 2.05) is 28.7 Å². The Morgan fingerprint density at radius 1 is 0.950 bits per heavy atom. The molecule has 0 aromatic heterocycles. The van der Waals surface area contributed by atoms with E-state index < -0.39 is 15.4 Å². The third kappa shape index (κ3) is 3.39. The Kier molecular flexibility index (Phi) is 4.82. The van der Waals surface area contributed by atoms with E-state index in [0.717, 1.165) is 0 Å². The number of alkyl halides is 1. The molecule has 1 atom stereocenters. The third-order valence-corrected chi connectivity index (χ3v) is 6.17. The molecular formula is C15H15IO3S. The highest BCUT2D eigenvalue weighted by molar-refractivity contribution is 14.1. The van der Waals surface area contributed by atoms with Gasteiger partial charge in [-0.15, -0.1) is 0 Å². The van der Waals surface area contributed by atoms with Gasteiger partial charge in [0.2, 0.25) is 0 Å². The second-order valence-corrected chi connectivity index (χ2v) is 7.36. The van der Waals surface area contributed by atoms with Gasteiger partial charge in [0.05, 0.1) is 10.6 Å². The lowest BCUT2D eigenvalue weighted by Gasteiger charge is -2.26. The van der Waals surface area contributed by atoms with Crippen LogP contribution in [0.1, 0.15) is 5.56 Å². The highest BCUT2D eigenvalue weighted by atomic mass is 127. The van der Waals surface area contributed by atoms with Crippen LogP contribution in [0.4, 0.5) is 0 Å². The molecule has 3 nitrogen and oxygen atoms in total. The summed E-state index contributed by atoms with van der Waals surface area (Å²) in [7, 11) is -3.53. The Morgan fingerprint density at radius 3 is 1.95 bits per heavy atom. The first-order valence-corrected chi connectivity index (χ1v) is 9.27. The van der Waals surface area contributed by atoms with E-state index >= 15 is 0 Å². The summed E-state index contributed by atoms with van der Waals surface area (Å²) < 4.78 is 25.1. The number of aliphatic hydroxyl groups is 1. The molecule has 0 aliphatic carbocycles. The van der Waals surface area contributed by atoms with E-state index in [1.54, 1.807) is 54.6 Å². The van der Waals surface area contributed by atoms with E-state index in [9.17, 15) is 13.5 Å². The van der Waals surface area contributed by atoms with Gasteiger partial charge in [0.1, 0.15) is 5.60 Å². The van der Waals surface area contributed by atoms with E-state index in [-0.39, 0.29) is 10.6 Å². The first-order chi connectivity index (χ1) is 9.48. The van der Waals surface area contributed by atoms with Crippen molar-refractivity contribution in [1.82, 2.24) is 0 Å². The van der Waals surface area contributed by atoms with Crippen LogP contribution in [0.2, 0.25) is 0 Å². The minimum absolute atomic E-state index is 0.235. The zero-order chi connectivity index (χ0) is 14.6. The zero-order valence-electron chi connectivity index (χ0n) is 10.7. The molecule has 0 bridgehead atoms. The van der Waals surface area contributed by atoms with Gasteiger partial charge >= 0.3 is 0 Å². The van der Waals surface area contributed by atoms with Crippen LogP contribution in [-0.2, 0) is 15.4 Å². The number of benzene rings is 2. The van der Waals surface area contributed by atoms with Crippen molar-refractivity contribution < 1.29 is 13.5 Å². The van der Waals surface area contributed by atoms with Crippen LogP contribution in [-0.4, -0.2) is 23.7 Å². The van der Waals surface area contributed by atoms with E-state index in [4.69, 9.17) is 0 Å². The highest BCUT2D eigenvalue weighted by Crippen LogP contribution is 2.28. The third-order valence-electron chi connectivity index (χ3n) is 3.06. The lowest BCUT2D eigenvalue weighted by Crippen LogP contribution is -2.36. The Balaban J connectivity index is 2.36. The molecule has 2 aromatic carbocycles. The monoisotopic (exact) mass is 402 g/mol. The quantitative estimate of drug-likeness (QED) is 0.618. The molecule has 2 rings (SSSR count). The number of rotatable bonds is 5. The second kappa shape index (κ2) is 6.24. The molecule has 0 saturated carbocycles. The first-order valence-electron chi connectivity index (χ1n) is 6.10. The smallest absolute Gasteiger partial charge is 0.181 e. The van der Waals surface area contributed by atoms with Gasteiger partial charge in [0.25, 0.3) is 0 Å². The second-order valence-electron chi connectivity index (χ2n) is 4.60. The molecule has 1 unspecified atom stereocenters. The van der Waals surface area contributed by atoms with Gasteiger partial charge in [-0.2, -0.15) is 0 Å². The van der Waals surface area contributed by atoms with Crippen LogP contribution in [0, 0.1) is 0 Å². The maximum Gasteiger partial charge on any atom is 0.181 e. The largest absolute Gasteiger partial charge is 0.383 e. The maximum atomic E-state index is 12.4. The van der Waals surface area contributed by atoms with Gasteiger partial charge in [-0.1, -0.05) is 71.1 Å². The van der Waals surface area contributed by atoms with Crippen molar-refractivity contribution >= 4 is 32.4 Å². The molecule has 0 aliphatic heterocycles. The molecule has 20 heavy (non-hydrogen) atoms. The number of halogens is 1. The molecule has 0 fully saturated rings. The summed E-state index contributed by atoms with van der Waals surface area (Å²) in [5, 5.41) is 10.7. The molecule has 1 N–H and O–H groups in total. The van der Waals surface area contributed by atoms with Gasteiger partial charge in [-0.25, -0.2) is 8.42 Å². The SMILES string of the molecule is O=S(=O)(CC(O)(CI)c1ccccc1)c1ccccc1. The van der Waals surface area contributed by atoms with Crippen molar-refractivity contribution in [2.45, 2.75) is 10.5 Å². The summed E-state index contributed by atoms with van der Waals surface area (Å²) in [6.07, 6.45) is 0. The van der Waals surface area contributed by atoms with Crippen LogP contribution < -0.4 is 0 Å². The van der Waals surface area contributed by atoms with Crippen LogP contribution in [0.3, 0.4) is 0 Å². The average molecular weight is 402 g/mol. The zero-order valence-corrected chi connectivity index (χ0v) is 13.7. The molecular weight excluding hydrogens is 387 g/mol. The fourth-order valence-electron chi connectivity index (χ4n) is 1.97.